The van der Waals surface area contributed by atoms with E-state index in [1.807, 2.05) is 6.07 Å². The van der Waals surface area contributed by atoms with Crippen molar-refractivity contribution in [3.05, 3.63) is 54.0 Å². The highest BCUT2D eigenvalue weighted by Gasteiger charge is 2.10. The van der Waals surface area contributed by atoms with E-state index in [0.29, 0.717) is 0 Å². The van der Waals surface area contributed by atoms with Crippen LogP contribution < -0.4 is 0 Å². The molecule has 0 radical (unpaired) electrons. The molecule has 19 heavy (non-hydrogen) atoms. The second kappa shape index (κ2) is 3.54. The zero-order chi connectivity index (χ0) is 13.0. The van der Waals surface area contributed by atoms with Crippen molar-refractivity contribution in [2.45, 2.75) is 6.92 Å². The molecule has 0 bridgehead atoms. The average molecular weight is 250 g/mol. The molecule has 1 heterocycles. The maximum absolute atomic E-state index is 13.5. The first-order valence-corrected chi connectivity index (χ1v) is 6.19. The number of fused-ring (bicyclic) bond motifs is 6. The van der Waals surface area contributed by atoms with Gasteiger partial charge in [-0.1, -0.05) is 29.8 Å². The number of hydrogen-bond donors (Lipinski definition) is 1. The van der Waals surface area contributed by atoms with Crippen molar-refractivity contribution in [3.63, 3.8) is 0 Å². The van der Waals surface area contributed by atoms with Crippen molar-refractivity contribution in [2.24, 2.45) is 0 Å². The standard InChI is InChI=1S/C16H11FN2/c1-9-2-4-12-13(6-9)11-5-3-10(17)7-14(11)16-15(12)8-18-19-16/h2-8H,1H3,(H,18,19). The summed E-state index contributed by atoms with van der Waals surface area (Å²) in [5.74, 6) is -0.226. The molecule has 0 saturated heterocycles. The van der Waals surface area contributed by atoms with Crippen molar-refractivity contribution in [1.82, 2.24) is 10.2 Å². The Balaban J connectivity index is 2.40. The summed E-state index contributed by atoms with van der Waals surface area (Å²) in [5, 5.41) is 12.3. The van der Waals surface area contributed by atoms with Crippen LogP contribution in [0.1, 0.15) is 5.56 Å². The number of aromatic amines is 1. The first-order valence-electron chi connectivity index (χ1n) is 6.19. The van der Waals surface area contributed by atoms with Crippen LogP contribution in [0.3, 0.4) is 0 Å². The molecule has 4 aromatic rings. The number of nitrogens with zero attached hydrogens (tertiary/aromatic N) is 1. The molecule has 0 atom stereocenters. The lowest BCUT2D eigenvalue weighted by Gasteiger charge is -2.07. The third kappa shape index (κ3) is 1.38. The number of nitrogens with one attached hydrogen (secondary N) is 1. The Morgan fingerprint density at radius 3 is 2.58 bits per heavy atom. The minimum atomic E-state index is -0.226. The van der Waals surface area contributed by atoms with Gasteiger partial charge in [-0.25, -0.2) is 4.39 Å². The molecular weight excluding hydrogens is 239 g/mol. The zero-order valence-electron chi connectivity index (χ0n) is 10.4. The molecule has 0 aliphatic rings. The second-order valence-corrected chi connectivity index (χ2v) is 4.90. The van der Waals surface area contributed by atoms with E-state index in [1.54, 1.807) is 12.3 Å². The van der Waals surface area contributed by atoms with Crippen LogP contribution in [0.2, 0.25) is 0 Å². The molecule has 1 aromatic heterocycles. The second-order valence-electron chi connectivity index (χ2n) is 4.90. The topological polar surface area (TPSA) is 28.7 Å². The van der Waals surface area contributed by atoms with Crippen LogP contribution >= 0.6 is 0 Å². The van der Waals surface area contributed by atoms with Crippen LogP contribution in [0.5, 0.6) is 0 Å². The van der Waals surface area contributed by atoms with Gasteiger partial charge in [-0.2, -0.15) is 5.10 Å². The highest BCUT2D eigenvalue weighted by atomic mass is 19.1. The molecular formula is C16H11FN2. The van der Waals surface area contributed by atoms with Gasteiger partial charge in [0.1, 0.15) is 5.82 Å². The number of H-pyrrole nitrogens is 1. The predicted octanol–water partition coefficient (Wildman–Crippen LogP) is 4.32. The Hall–Kier alpha value is -2.42. The largest absolute Gasteiger partial charge is 0.277 e. The van der Waals surface area contributed by atoms with Gasteiger partial charge in [0.25, 0.3) is 0 Å². The summed E-state index contributed by atoms with van der Waals surface area (Å²) >= 11 is 0. The van der Waals surface area contributed by atoms with Crippen molar-refractivity contribution >= 4 is 32.4 Å². The van der Waals surface area contributed by atoms with Crippen LogP contribution in [0.25, 0.3) is 32.4 Å². The summed E-state index contributed by atoms with van der Waals surface area (Å²) in [4.78, 5) is 0. The van der Waals surface area contributed by atoms with E-state index in [-0.39, 0.29) is 5.82 Å². The summed E-state index contributed by atoms with van der Waals surface area (Å²) in [7, 11) is 0. The van der Waals surface area contributed by atoms with E-state index in [2.05, 4.69) is 35.3 Å². The zero-order valence-corrected chi connectivity index (χ0v) is 10.4. The molecule has 0 amide bonds. The van der Waals surface area contributed by atoms with Gasteiger partial charge in [0.15, 0.2) is 0 Å². The van der Waals surface area contributed by atoms with Crippen molar-refractivity contribution in [2.75, 3.05) is 0 Å². The molecule has 3 heteroatoms. The molecule has 0 saturated carbocycles. The van der Waals surface area contributed by atoms with Gasteiger partial charge in [0.2, 0.25) is 0 Å². The number of rotatable bonds is 0. The van der Waals surface area contributed by atoms with Crippen LogP contribution in [0.4, 0.5) is 4.39 Å². The highest BCUT2D eigenvalue weighted by Crippen LogP contribution is 2.34. The molecule has 0 aliphatic carbocycles. The van der Waals surface area contributed by atoms with Gasteiger partial charge < -0.3 is 0 Å². The minimum absolute atomic E-state index is 0.226. The molecule has 3 aromatic carbocycles. The number of halogens is 1. The molecule has 1 N–H and O–H groups in total. The molecule has 0 fully saturated rings. The first-order chi connectivity index (χ1) is 9.24. The van der Waals surface area contributed by atoms with E-state index < -0.39 is 0 Å². The fourth-order valence-corrected chi connectivity index (χ4v) is 2.77. The summed E-state index contributed by atoms with van der Waals surface area (Å²) in [6, 6.07) is 11.2. The lowest BCUT2D eigenvalue weighted by atomic mass is 9.97. The summed E-state index contributed by atoms with van der Waals surface area (Å²) in [6.45, 7) is 2.06. The number of aromatic nitrogens is 2. The quantitative estimate of drug-likeness (QED) is 0.463. The molecule has 2 nitrogen and oxygen atoms in total. The Labute approximate surface area is 108 Å². The van der Waals surface area contributed by atoms with Crippen molar-refractivity contribution in [1.29, 1.82) is 0 Å². The van der Waals surface area contributed by atoms with Crippen LogP contribution in [0.15, 0.2) is 42.6 Å². The number of aryl methyl sites for hydroxylation is 1. The normalized spacial score (nSPS) is 11.7. The Kier molecular flexibility index (Phi) is 1.96. The van der Waals surface area contributed by atoms with Crippen LogP contribution in [0, 0.1) is 12.7 Å². The summed E-state index contributed by atoms with van der Waals surface area (Å²) < 4.78 is 13.5. The van der Waals surface area contributed by atoms with E-state index in [9.17, 15) is 4.39 Å². The maximum Gasteiger partial charge on any atom is 0.123 e. The monoisotopic (exact) mass is 250 g/mol. The first kappa shape index (κ1) is 10.5. The maximum atomic E-state index is 13.5. The average Bonchev–Trinajstić information content (AvgIpc) is 2.88. The SMILES string of the molecule is Cc1ccc2c(c1)c1ccc(F)cc1c1[nH]ncc21. The minimum Gasteiger partial charge on any atom is -0.277 e. The van der Waals surface area contributed by atoms with Crippen molar-refractivity contribution in [3.8, 4) is 0 Å². The molecule has 0 aliphatic heterocycles. The van der Waals surface area contributed by atoms with Gasteiger partial charge in [0.05, 0.1) is 11.7 Å². The van der Waals surface area contributed by atoms with Crippen LogP contribution in [-0.4, -0.2) is 10.2 Å². The van der Waals surface area contributed by atoms with Crippen molar-refractivity contribution < 1.29 is 4.39 Å². The van der Waals surface area contributed by atoms with Gasteiger partial charge in [-0.05, 0) is 35.2 Å². The van der Waals surface area contributed by atoms with E-state index >= 15 is 0 Å². The van der Waals surface area contributed by atoms with Gasteiger partial charge >= 0.3 is 0 Å². The third-order valence-electron chi connectivity index (χ3n) is 3.65. The smallest absolute Gasteiger partial charge is 0.123 e. The van der Waals surface area contributed by atoms with E-state index in [4.69, 9.17) is 0 Å². The summed E-state index contributed by atoms with van der Waals surface area (Å²) in [5.41, 5.74) is 2.09. The number of hydrogen-bond acceptors (Lipinski definition) is 1. The number of benzene rings is 3. The molecule has 92 valence electrons. The fourth-order valence-electron chi connectivity index (χ4n) is 2.77. The highest BCUT2D eigenvalue weighted by molar-refractivity contribution is 6.24. The Bertz CT molecular complexity index is 938. The Morgan fingerprint density at radius 2 is 1.68 bits per heavy atom. The van der Waals surface area contributed by atoms with Crippen LogP contribution in [-0.2, 0) is 0 Å². The third-order valence-corrected chi connectivity index (χ3v) is 3.65. The lowest BCUT2D eigenvalue weighted by Crippen LogP contribution is -1.84. The Morgan fingerprint density at radius 1 is 0.895 bits per heavy atom. The van der Waals surface area contributed by atoms with Gasteiger partial charge in [-0.3, -0.25) is 5.10 Å². The fraction of sp³-hybridized carbons (Fsp3) is 0.0625. The molecule has 0 unspecified atom stereocenters. The predicted molar refractivity (Wildman–Crippen MR) is 75.8 cm³/mol. The molecule has 4 rings (SSSR count). The summed E-state index contributed by atoms with van der Waals surface area (Å²) in [6.07, 6.45) is 1.80. The lowest BCUT2D eigenvalue weighted by molar-refractivity contribution is 0.630. The van der Waals surface area contributed by atoms with E-state index in [0.717, 1.165) is 32.4 Å². The van der Waals surface area contributed by atoms with Gasteiger partial charge in [0, 0.05) is 10.8 Å². The molecule has 0 spiro atoms. The van der Waals surface area contributed by atoms with Gasteiger partial charge in [-0.15, -0.1) is 0 Å². The van der Waals surface area contributed by atoms with E-state index in [1.165, 1.54) is 11.6 Å².